The summed E-state index contributed by atoms with van der Waals surface area (Å²) in [5, 5.41) is 10.2. The van der Waals surface area contributed by atoms with Crippen molar-refractivity contribution in [1.82, 2.24) is 4.57 Å². The Kier molecular flexibility index (Phi) is 4.93. The third kappa shape index (κ3) is 3.06. The zero-order valence-corrected chi connectivity index (χ0v) is 15.7. The molecule has 140 valence electrons. The van der Waals surface area contributed by atoms with E-state index in [4.69, 9.17) is 16.3 Å². The zero-order chi connectivity index (χ0) is 19.9. The van der Waals surface area contributed by atoms with Crippen LogP contribution in [0.25, 0.3) is 10.9 Å². The Bertz CT molecular complexity index is 1060. The van der Waals surface area contributed by atoms with Gasteiger partial charge in [0, 0.05) is 16.6 Å². The highest BCUT2D eigenvalue weighted by atomic mass is 35.5. The monoisotopic (exact) mass is 389 g/mol. The Labute approximate surface area is 159 Å². The Morgan fingerprint density at radius 3 is 2.37 bits per heavy atom. The van der Waals surface area contributed by atoms with Gasteiger partial charge >= 0.3 is 5.97 Å². The Balaban J connectivity index is 2.35. The fourth-order valence-corrected chi connectivity index (χ4v) is 3.60. The molecule has 1 atom stereocenters. The Morgan fingerprint density at radius 2 is 1.81 bits per heavy atom. The van der Waals surface area contributed by atoms with E-state index < -0.39 is 23.6 Å². The van der Waals surface area contributed by atoms with Gasteiger partial charge in [-0.2, -0.15) is 0 Å². The molecule has 0 aliphatic heterocycles. The third-order valence-corrected chi connectivity index (χ3v) is 5.01. The fraction of sp³-hybridized carbons (Fsp3) is 0.200. The van der Waals surface area contributed by atoms with E-state index in [-0.39, 0.29) is 10.6 Å². The number of aliphatic carboxylic acids is 1. The second-order valence-electron chi connectivity index (χ2n) is 6.18. The number of hydrogen-bond acceptors (Lipinski definition) is 3. The van der Waals surface area contributed by atoms with Crippen molar-refractivity contribution in [3.8, 4) is 5.75 Å². The van der Waals surface area contributed by atoms with Crippen molar-refractivity contribution in [2.24, 2.45) is 0 Å². The van der Waals surface area contributed by atoms with Crippen LogP contribution in [0.3, 0.4) is 0 Å². The van der Waals surface area contributed by atoms with Crippen LogP contribution in [0.2, 0.25) is 5.02 Å². The number of benzene rings is 2. The summed E-state index contributed by atoms with van der Waals surface area (Å²) in [7, 11) is 1.46. The molecule has 0 fully saturated rings. The maximum absolute atomic E-state index is 13.2. The first-order chi connectivity index (χ1) is 12.8. The van der Waals surface area contributed by atoms with Gasteiger partial charge in [0.2, 0.25) is 0 Å². The van der Waals surface area contributed by atoms with Gasteiger partial charge in [0.25, 0.3) is 5.91 Å². The van der Waals surface area contributed by atoms with E-state index in [1.165, 1.54) is 42.9 Å². The number of aromatic nitrogens is 1. The van der Waals surface area contributed by atoms with Crippen molar-refractivity contribution in [3.63, 3.8) is 0 Å². The molecular formula is C20H17ClFNO4. The van der Waals surface area contributed by atoms with Gasteiger partial charge in [0.05, 0.1) is 23.6 Å². The minimum atomic E-state index is -1.04. The van der Waals surface area contributed by atoms with Gasteiger partial charge in [0.1, 0.15) is 11.6 Å². The molecule has 2 aromatic carbocycles. The summed E-state index contributed by atoms with van der Waals surface area (Å²) in [4.78, 5) is 24.7. The maximum Gasteiger partial charge on any atom is 0.310 e. The number of fused-ring (bicyclic) bond motifs is 1. The minimum Gasteiger partial charge on any atom is -0.495 e. The van der Waals surface area contributed by atoms with E-state index in [0.717, 1.165) is 0 Å². The van der Waals surface area contributed by atoms with Crippen LogP contribution in [0.15, 0.2) is 36.4 Å². The van der Waals surface area contributed by atoms with E-state index in [9.17, 15) is 19.1 Å². The SMILES string of the molecule is COc1ccc2c(c1Cl)c(C(C)C(=O)O)c(C)n2C(=O)c1ccc(F)cc1. The molecule has 0 spiro atoms. The number of carboxylic acid groups (broad SMARTS) is 1. The van der Waals surface area contributed by atoms with Gasteiger partial charge in [-0.25, -0.2) is 4.39 Å². The van der Waals surface area contributed by atoms with Crippen LogP contribution in [0.5, 0.6) is 5.75 Å². The molecule has 0 amide bonds. The standard InChI is InChI=1S/C20H17ClFNO4/c1-10(20(25)26)16-11(2)23(19(24)12-4-6-13(22)7-5-12)14-8-9-15(27-3)18(21)17(14)16/h4-10H,1-3H3,(H,25,26). The largest absolute Gasteiger partial charge is 0.495 e. The number of rotatable bonds is 4. The van der Waals surface area contributed by atoms with Crippen LogP contribution in [0.1, 0.15) is 34.5 Å². The smallest absolute Gasteiger partial charge is 0.310 e. The minimum absolute atomic E-state index is 0.242. The molecule has 1 N–H and O–H groups in total. The Hall–Kier alpha value is -2.86. The first-order valence-corrected chi connectivity index (χ1v) is 8.56. The number of hydrogen-bond donors (Lipinski definition) is 1. The zero-order valence-electron chi connectivity index (χ0n) is 14.9. The molecule has 0 saturated carbocycles. The lowest BCUT2D eigenvalue weighted by atomic mass is 9.98. The molecule has 1 aromatic heterocycles. The van der Waals surface area contributed by atoms with Crippen LogP contribution in [-0.4, -0.2) is 28.7 Å². The molecule has 27 heavy (non-hydrogen) atoms. The molecular weight excluding hydrogens is 373 g/mol. The number of methoxy groups -OCH3 is 1. The van der Waals surface area contributed by atoms with E-state index in [1.54, 1.807) is 19.1 Å². The van der Waals surface area contributed by atoms with Gasteiger partial charge in [-0.3, -0.25) is 14.2 Å². The van der Waals surface area contributed by atoms with Crippen LogP contribution < -0.4 is 4.74 Å². The van der Waals surface area contributed by atoms with Crippen molar-refractivity contribution in [3.05, 3.63) is 64.1 Å². The molecule has 0 radical (unpaired) electrons. The van der Waals surface area contributed by atoms with E-state index in [1.807, 2.05) is 0 Å². The lowest BCUT2D eigenvalue weighted by Crippen LogP contribution is -2.15. The summed E-state index contributed by atoms with van der Waals surface area (Å²) in [6, 6.07) is 8.44. The van der Waals surface area contributed by atoms with E-state index in [2.05, 4.69) is 0 Å². The van der Waals surface area contributed by atoms with Gasteiger partial charge in [-0.1, -0.05) is 11.6 Å². The summed E-state index contributed by atoms with van der Waals surface area (Å²) in [6.45, 7) is 3.20. The van der Waals surface area contributed by atoms with Gasteiger partial charge < -0.3 is 9.84 Å². The average molecular weight is 390 g/mol. The van der Waals surface area contributed by atoms with Crippen LogP contribution in [0, 0.1) is 12.7 Å². The lowest BCUT2D eigenvalue weighted by Gasteiger charge is -2.09. The summed E-state index contributed by atoms with van der Waals surface area (Å²) in [6.07, 6.45) is 0. The molecule has 7 heteroatoms. The molecule has 0 saturated heterocycles. The van der Waals surface area contributed by atoms with Crippen LogP contribution >= 0.6 is 11.6 Å². The van der Waals surface area contributed by atoms with Crippen LogP contribution in [-0.2, 0) is 4.79 Å². The van der Waals surface area contributed by atoms with E-state index >= 15 is 0 Å². The summed E-state index contributed by atoms with van der Waals surface area (Å²) in [5.74, 6) is -2.39. The predicted molar refractivity (Wildman–Crippen MR) is 100 cm³/mol. The molecule has 5 nitrogen and oxygen atoms in total. The predicted octanol–water partition coefficient (Wildman–Crippen LogP) is 4.63. The molecule has 0 bridgehead atoms. The first-order valence-electron chi connectivity index (χ1n) is 8.18. The normalized spacial score (nSPS) is 12.2. The second kappa shape index (κ2) is 7.04. The molecule has 0 aliphatic rings. The number of carbonyl (C=O) groups is 2. The van der Waals surface area contributed by atoms with E-state index in [0.29, 0.717) is 27.9 Å². The number of halogens is 2. The quantitative estimate of drug-likeness (QED) is 0.706. The van der Waals surface area contributed by atoms with Crippen LogP contribution in [0.4, 0.5) is 4.39 Å². The Morgan fingerprint density at radius 1 is 1.19 bits per heavy atom. The highest BCUT2D eigenvalue weighted by molar-refractivity contribution is 6.37. The number of carbonyl (C=O) groups excluding carboxylic acids is 1. The van der Waals surface area contributed by atoms with Crippen molar-refractivity contribution in [2.45, 2.75) is 19.8 Å². The van der Waals surface area contributed by atoms with Gasteiger partial charge in [0.15, 0.2) is 0 Å². The van der Waals surface area contributed by atoms with Gasteiger partial charge in [-0.15, -0.1) is 0 Å². The van der Waals surface area contributed by atoms with Crippen molar-refractivity contribution < 1.29 is 23.8 Å². The highest BCUT2D eigenvalue weighted by Crippen LogP contribution is 2.41. The van der Waals surface area contributed by atoms with Crippen molar-refractivity contribution in [1.29, 1.82) is 0 Å². The maximum atomic E-state index is 13.2. The summed E-state index contributed by atoms with van der Waals surface area (Å²) in [5.41, 5.74) is 1.65. The topological polar surface area (TPSA) is 68.5 Å². The average Bonchev–Trinajstić information content (AvgIpc) is 2.94. The van der Waals surface area contributed by atoms with Gasteiger partial charge in [-0.05, 0) is 55.8 Å². The fourth-order valence-electron chi connectivity index (χ4n) is 3.27. The molecule has 1 unspecified atom stereocenters. The molecule has 3 aromatic rings. The summed E-state index contributed by atoms with van der Waals surface area (Å²) >= 11 is 6.46. The number of carboxylic acids is 1. The highest BCUT2D eigenvalue weighted by Gasteiger charge is 2.28. The molecule has 1 heterocycles. The first kappa shape index (κ1) is 18.9. The summed E-state index contributed by atoms with van der Waals surface area (Å²) < 4.78 is 19.9. The second-order valence-corrected chi connectivity index (χ2v) is 6.56. The van der Waals surface area contributed by atoms with Crippen molar-refractivity contribution in [2.75, 3.05) is 7.11 Å². The third-order valence-electron chi connectivity index (χ3n) is 4.64. The number of ether oxygens (including phenoxy) is 1. The lowest BCUT2D eigenvalue weighted by molar-refractivity contribution is -0.138. The van der Waals surface area contributed by atoms with Crippen molar-refractivity contribution >= 4 is 34.4 Å². The molecule has 3 rings (SSSR count). The number of nitrogens with zero attached hydrogens (tertiary/aromatic N) is 1. The molecule has 0 aliphatic carbocycles.